The monoisotopic (exact) mass is 310 g/mol. The Kier molecular flexibility index (Phi) is 5.60. The summed E-state index contributed by atoms with van der Waals surface area (Å²) in [5.74, 6) is -0.114. The molecule has 3 heteroatoms. The molecule has 0 spiro atoms. The van der Waals surface area contributed by atoms with E-state index in [9.17, 15) is 10.1 Å². The van der Waals surface area contributed by atoms with Gasteiger partial charge in [0.05, 0.1) is 5.57 Å². The molecule has 122 valence electrons. The lowest BCUT2D eigenvalue weighted by Gasteiger charge is -2.22. The predicted molar refractivity (Wildman–Crippen MR) is 95.2 cm³/mol. The number of benzene rings is 1. The average Bonchev–Trinajstić information content (AvgIpc) is 2.81. The van der Waals surface area contributed by atoms with Crippen molar-refractivity contribution in [1.29, 1.82) is 5.26 Å². The molecule has 23 heavy (non-hydrogen) atoms. The summed E-state index contributed by atoms with van der Waals surface area (Å²) in [6, 6.07) is 10.2. The van der Waals surface area contributed by atoms with Gasteiger partial charge in [0.15, 0.2) is 5.78 Å². The Balaban J connectivity index is 2.17. The summed E-state index contributed by atoms with van der Waals surface area (Å²) in [6.45, 7) is 7.73. The molecular formula is C20H26N2O. The Labute approximate surface area is 139 Å². The number of carbonyl (C=O) groups excluding carboxylic acids is 1. The SMILES string of the molecule is CC(C)(C)C(=O)/C(C#N)=C\c1ccc(N2CCCCCC2)cc1. The first-order valence-corrected chi connectivity index (χ1v) is 8.43. The Morgan fingerprint density at radius 3 is 2.13 bits per heavy atom. The van der Waals surface area contributed by atoms with Crippen LogP contribution in [0, 0.1) is 16.7 Å². The van der Waals surface area contributed by atoms with Gasteiger partial charge in [-0.1, -0.05) is 45.7 Å². The lowest BCUT2D eigenvalue weighted by molar-refractivity contribution is -0.121. The summed E-state index contributed by atoms with van der Waals surface area (Å²) in [6.07, 6.45) is 6.83. The first-order valence-electron chi connectivity index (χ1n) is 8.43. The van der Waals surface area contributed by atoms with Gasteiger partial charge in [0.25, 0.3) is 0 Å². The highest BCUT2D eigenvalue weighted by atomic mass is 16.1. The van der Waals surface area contributed by atoms with Crippen LogP contribution < -0.4 is 4.90 Å². The zero-order valence-corrected chi connectivity index (χ0v) is 14.4. The molecule has 0 aliphatic carbocycles. The lowest BCUT2D eigenvalue weighted by atomic mass is 9.86. The molecule has 0 bridgehead atoms. The minimum Gasteiger partial charge on any atom is -0.372 e. The fourth-order valence-electron chi connectivity index (χ4n) is 2.83. The van der Waals surface area contributed by atoms with Crippen LogP contribution in [0.4, 0.5) is 5.69 Å². The largest absolute Gasteiger partial charge is 0.372 e. The molecule has 2 rings (SSSR count). The zero-order valence-electron chi connectivity index (χ0n) is 14.4. The van der Waals surface area contributed by atoms with E-state index >= 15 is 0 Å². The molecule has 0 saturated carbocycles. The van der Waals surface area contributed by atoms with Crippen molar-refractivity contribution < 1.29 is 4.79 Å². The third-order valence-corrected chi connectivity index (χ3v) is 4.22. The number of anilines is 1. The van der Waals surface area contributed by atoms with Gasteiger partial charge in [0, 0.05) is 24.2 Å². The van der Waals surface area contributed by atoms with Crippen LogP contribution in [-0.2, 0) is 4.79 Å². The summed E-state index contributed by atoms with van der Waals surface area (Å²) in [4.78, 5) is 14.7. The van der Waals surface area contributed by atoms with E-state index in [1.165, 1.54) is 31.4 Å². The minimum atomic E-state index is -0.534. The van der Waals surface area contributed by atoms with Gasteiger partial charge in [-0.3, -0.25) is 4.79 Å². The number of rotatable bonds is 3. The lowest BCUT2D eigenvalue weighted by Crippen LogP contribution is -2.23. The van der Waals surface area contributed by atoms with Crippen LogP contribution in [0.3, 0.4) is 0 Å². The zero-order chi connectivity index (χ0) is 16.9. The highest BCUT2D eigenvalue weighted by molar-refractivity contribution is 6.06. The van der Waals surface area contributed by atoms with Crippen LogP contribution in [0.25, 0.3) is 6.08 Å². The third kappa shape index (κ3) is 4.69. The summed E-state index contributed by atoms with van der Waals surface area (Å²) in [5.41, 5.74) is 1.82. The number of carbonyl (C=O) groups is 1. The van der Waals surface area contributed by atoms with Crippen molar-refractivity contribution >= 4 is 17.5 Å². The number of nitriles is 1. The van der Waals surface area contributed by atoms with Crippen LogP contribution in [0.5, 0.6) is 0 Å². The molecule has 1 aliphatic heterocycles. The van der Waals surface area contributed by atoms with Crippen LogP contribution in [0.15, 0.2) is 29.8 Å². The van der Waals surface area contributed by atoms with Crippen molar-refractivity contribution in [3.63, 3.8) is 0 Å². The molecule has 0 aromatic heterocycles. The molecule has 0 N–H and O–H groups in total. The van der Waals surface area contributed by atoms with Gasteiger partial charge in [-0.05, 0) is 36.6 Å². The van der Waals surface area contributed by atoms with Crippen LogP contribution >= 0.6 is 0 Å². The van der Waals surface area contributed by atoms with Crippen molar-refractivity contribution in [2.24, 2.45) is 5.41 Å². The molecule has 1 aliphatic rings. The fourth-order valence-corrected chi connectivity index (χ4v) is 2.83. The molecule has 3 nitrogen and oxygen atoms in total. The second-order valence-corrected chi connectivity index (χ2v) is 7.24. The first-order chi connectivity index (χ1) is 10.9. The van der Waals surface area contributed by atoms with Crippen LogP contribution in [0.1, 0.15) is 52.0 Å². The molecule has 0 atom stereocenters. The number of hydrogen-bond acceptors (Lipinski definition) is 3. The van der Waals surface area contributed by atoms with Crippen LogP contribution in [0.2, 0.25) is 0 Å². The number of hydrogen-bond donors (Lipinski definition) is 0. The summed E-state index contributed by atoms with van der Waals surface area (Å²) in [7, 11) is 0. The maximum absolute atomic E-state index is 12.3. The molecule has 1 aromatic rings. The van der Waals surface area contributed by atoms with E-state index in [4.69, 9.17) is 0 Å². The maximum Gasteiger partial charge on any atom is 0.178 e. The van der Waals surface area contributed by atoms with Gasteiger partial charge in [0.2, 0.25) is 0 Å². The minimum absolute atomic E-state index is 0.114. The van der Waals surface area contributed by atoms with Crippen molar-refractivity contribution in [2.75, 3.05) is 18.0 Å². The maximum atomic E-state index is 12.3. The molecule has 1 heterocycles. The van der Waals surface area contributed by atoms with Gasteiger partial charge in [-0.2, -0.15) is 5.26 Å². The van der Waals surface area contributed by atoms with E-state index in [1.807, 2.05) is 39.0 Å². The van der Waals surface area contributed by atoms with Crippen molar-refractivity contribution in [1.82, 2.24) is 0 Å². The summed E-state index contributed by atoms with van der Waals surface area (Å²) >= 11 is 0. The van der Waals surface area contributed by atoms with E-state index in [2.05, 4.69) is 17.0 Å². The fraction of sp³-hybridized carbons (Fsp3) is 0.500. The van der Waals surface area contributed by atoms with E-state index in [-0.39, 0.29) is 11.4 Å². The second kappa shape index (κ2) is 7.46. The molecule has 1 aromatic carbocycles. The van der Waals surface area contributed by atoms with E-state index in [1.54, 1.807) is 6.08 Å². The van der Waals surface area contributed by atoms with Gasteiger partial charge < -0.3 is 4.90 Å². The summed E-state index contributed by atoms with van der Waals surface area (Å²) < 4.78 is 0. The van der Waals surface area contributed by atoms with E-state index < -0.39 is 5.41 Å². The normalized spacial score (nSPS) is 16.6. The molecule has 0 amide bonds. The smallest absolute Gasteiger partial charge is 0.178 e. The molecular weight excluding hydrogens is 284 g/mol. The molecule has 0 radical (unpaired) electrons. The Hall–Kier alpha value is -2.08. The standard InChI is InChI=1S/C20H26N2O/c1-20(2,3)19(23)17(15-21)14-16-8-10-18(11-9-16)22-12-6-4-5-7-13-22/h8-11,14H,4-7,12-13H2,1-3H3/b17-14-. The number of nitrogens with zero attached hydrogens (tertiary/aromatic N) is 2. The molecule has 1 saturated heterocycles. The average molecular weight is 310 g/mol. The van der Waals surface area contributed by atoms with Gasteiger partial charge in [0.1, 0.15) is 6.07 Å². The first kappa shape index (κ1) is 17.3. The van der Waals surface area contributed by atoms with Gasteiger partial charge in [-0.25, -0.2) is 0 Å². The van der Waals surface area contributed by atoms with E-state index in [0.29, 0.717) is 0 Å². The predicted octanol–water partition coefficient (Wildman–Crippen LogP) is 4.59. The quantitative estimate of drug-likeness (QED) is 0.606. The van der Waals surface area contributed by atoms with Crippen molar-refractivity contribution in [2.45, 2.75) is 46.5 Å². The van der Waals surface area contributed by atoms with E-state index in [0.717, 1.165) is 18.7 Å². The highest BCUT2D eigenvalue weighted by Gasteiger charge is 2.24. The Bertz CT molecular complexity index is 607. The molecule has 0 unspecified atom stereocenters. The highest BCUT2D eigenvalue weighted by Crippen LogP contribution is 2.23. The van der Waals surface area contributed by atoms with Crippen LogP contribution in [-0.4, -0.2) is 18.9 Å². The third-order valence-electron chi connectivity index (χ3n) is 4.22. The Morgan fingerprint density at radius 2 is 1.65 bits per heavy atom. The Morgan fingerprint density at radius 1 is 1.09 bits per heavy atom. The number of Topliss-reactive ketones (excluding diaryl/α,β-unsaturated/α-hetero) is 1. The van der Waals surface area contributed by atoms with Crippen molar-refractivity contribution in [3.8, 4) is 6.07 Å². The number of allylic oxidation sites excluding steroid dienone is 1. The van der Waals surface area contributed by atoms with Crippen molar-refractivity contribution in [3.05, 3.63) is 35.4 Å². The summed E-state index contributed by atoms with van der Waals surface area (Å²) in [5, 5.41) is 9.26. The van der Waals surface area contributed by atoms with Gasteiger partial charge in [-0.15, -0.1) is 0 Å². The number of ketones is 1. The topological polar surface area (TPSA) is 44.1 Å². The second-order valence-electron chi connectivity index (χ2n) is 7.24. The van der Waals surface area contributed by atoms with Gasteiger partial charge >= 0.3 is 0 Å². The molecule has 1 fully saturated rings.